The van der Waals surface area contributed by atoms with Crippen LogP contribution >= 0.6 is 0 Å². The number of nitriles is 1. The molecule has 3 nitrogen and oxygen atoms in total. The van der Waals surface area contributed by atoms with Crippen LogP contribution in [0.5, 0.6) is 5.75 Å². The van der Waals surface area contributed by atoms with Crippen molar-refractivity contribution in [2.24, 2.45) is 0 Å². The molecule has 62 valence electrons. The molecule has 1 aromatic rings. The number of nitrogen functional groups attached to an aromatic ring is 1. The van der Waals surface area contributed by atoms with Crippen molar-refractivity contribution >= 4 is 5.69 Å². The lowest BCUT2D eigenvalue weighted by Gasteiger charge is -2.08. The Bertz CT molecular complexity index is 304. The van der Waals surface area contributed by atoms with Gasteiger partial charge in [0, 0.05) is 0 Å². The highest BCUT2D eigenvalue weighted by molar-refractivity contribution is 5.51. The first-order valence-electron chi connectivity index (χ1n) is 3.65. The van der Waals surface area contributed by atoms with Crippen LogP contribution in [0.25, 0.3) is 0 Å². The van der Waals surface area contributed by atoms with Gasteiger partial charge in [0.25, 0.3) is 0 Å². The Hall–Kier alpha value is -1.69. The molecule has 0 fully saturated rings. The highest BCUT2D eigenvalue weighted by Gasteiger charge is 2.03. The van der Waals surface area contributed by atoms with Crippen molar-refractivity contribution in [1.82, 2.24) is 0 Å². The number of hydrogen-bond acceptors (Lipinski definition) is 3. The summed E-state index contributed by atoms with van der Waals surface area (Å²) in [5, 5.41) is 8.47. The summed E-state index contributed by atoms with van der Waals surface area (Å²) in [6.45, 7) is 1.67. The molecule has 0 aliphatic heterocycles. The minimum Gasteiger partial charge on any atom is -0.474 e. The average Bonchev–Trinajstić information content (AvgIpc) is 2.09. The van der Waals surface area contributed by atoms with Gasteiger partial charge in [0.1, 0.15) is 11.8 Å². The summed E-state index contributed by atoms with van der Waals surface area (Å²) < 4.78 is 5.21. The maximum Gasteiger partial charge on any atom is 0.181 e. The summed E-state index contributed by atoms with van der Waals surface area (Å²) in [7, 11) is 0. The zero-order valence-electron chi connectivity index (χ0n) is 6.82. The number of nitrogens with two attached hydrogens (primary N) is 1. The van der Waals surface area contributed by atoms with E-state index < -0.39 is 6.10 Å². The number of nitrogens with zero attached hydrogens (tertiary/aromatic N) is 1. The summed E-state index contributed by atoms with van der Waals surface area (Å²) in [5.41, 5.74) is 6.14. The topological polar surface area (TPSA) is 59.0 Å². The van der Waals surface area contributed by atoms with Crippen LogP contribution in [0.3, 0.4) is 0 Å². The molecule has 0 bridgehead atoms. The molecule has 3 heteroatoms. The Labute approximate surface area is 71.4 Å². The zero-order valence-corrected chi connectivity index (χ0v) is 6.82. The maximum atomic E-state index is 8.47. The molecule has 0 aliphatic rings. The Morgan fingerprint density at radius 3 is 2.75 bits per heavy atom. The van der Waals surface area contributed by atoms with E-state index in [1.807, 2.05) is 18.2 Å². The predicted octanol–water partition coefficient (Wildman–Crippen LogP) is 1.56. The van der Waals surface area contributed by atoms with Crippen LogP contribution in [0.4, 0.5) is 5.69 Å². The molecule has 0 saturated heterocycles. The minimum absolute atomic E-state index is 0.463. The molecule has 1 atom stereocenters. The van der Waals surface area contributed by atoms with Crippen LogP contribution < -0.4 is 10.5 Å². The van der Waals surface area contributed by atoms with Gasteiger partial charge in [-0.2, -0.15) is 5.26 Å². The van der Waals surface area contributed by atoms with Gasteiger partial charge in [-0.15, -0.1) is 0 Å². The Morgan fingerprint density at radius 1 is 1.50 bits per heavy atom. The van der Waals surface area contributed by atoms with Crippen molar-refractivity contribution in [3.8, 4) is 11.8 Å². The lowest BCUT2D eigenvalue weighted by molar-refractivity contribution is 0.278. The largest absolute Gasteiger partial charge is 0.474 e. The van der Waals surface area contributed by atoms with Gasteiger partial charge >= 0.3 is 0 Å². The van der Waals surface area contributed by atoms with Crippen molar-refractivity contribution in [1.29, 1.82) is 5.26 Å². The van der Waals surface area contributed by atoms with E-state index in [4.69, 9.17) is 15.7 Å². The standard InChI is InChI=1S/C9H10N2O/c1-7(6-10)12-9-5-3-2-4-8(9)11/h2-5,7H,11H2,1H3/t7-/m1/s1. The van der Waals surface area contributed by atoms with Crippen molar-refractivity contribution in [2.45, 2.75) is 13.0 Å². The van der Waals surface area contributed by atoms with Crippen LogP contribution in [0.1, 0.15) is 6.92 Å². The van der Waals surface area contributed by atoms with E-state index in [1.54, 1.807) is 19.1 Å². The van der Waals surface area contributed by atoms with E-state index in [1.165, 1.54) is 0 Å². The first-order valence-corrected chi connectivity index (χ1v) is 3.65. The van der Waals surface area contributed by atoms with E-state index in [0.29, 0.717) is 11.4 Å². The molecule has 0 radical (unpaired) electrons. The Kier molecular flexibility index (Phi) is 2.54. The summed E-state index contributed by atoms with van der Waals surface area (Å²) in [6, 6.07) is 9.07. The molecule has 0 aromatic heterocycles. The molecule has 0 amide bonds. The lowest BCUT2D eigenvalue weighted by Crippen LogP contribution is -2.09. The van der Waals surface area contributed by atoms with E-state index in [0.717, 1.165) is 0 Å². The first kappa shape index (κ1) is 8.41. The molecule has 1 aromatic carbocycles. The van der Waals surface area contributed by atoms with Gasteiger partial charge in [-0.25, -0.2) is 0 Å². The molecule has 0 spiro atoms. The highest BCUT2D eigenvalue weighted by atomic mass is 16.5. The Morgan fingerprint density at radius 2 is 2.17 bits per heavy atom. The van der Waals surface area contributed by atoms with Crippen molar-refractivity contribution in [2.75, 3.05) is 5.73 Å². The summed E-state index contributed by atoms with van der Waals surface area (Å²) in [4.78, 5) is 0. The van der Waals surface area contributed by atoms with Crippen LogP contribution in [-0.2, 0) is 0 Å². The third-order valence-electron chi connectivity index (χ3n) is 1.40. The molecular weight excluding hydrogens is 152 g/mol. The monoisotopic (exact) mass is 162 g/mol. The number of hydrogen-bond donors (Lipinski definition) is 1. The fraction of sp³-hybridized carbons (Fsp3) is 0.222. The van der Waals surface area contributed by atoms with Gasteiger partial charge in [-0.05, 0) is 19.1 Å². The maximum absolute atomic E-state index is 8.47. The number of rotatable bonds is 2. The van der Waals surface area contributed by atoms with Crippen molar-refractivity contribution < 1.29 is 4.74 Å². The SMILES string of the molecule is C[C@H](C#N)Oc1ccccc1N. The highest BCUT2D eigenvalue weighted by Crippen LogP contribution is 2.20. The van der Waals surface area contributed by atoms with E-state index in [9.17, 15) is 0 Å². The first-order chi connectivity index (χ1) is 5.74. The van der Waals surface area contributed by atoms with E-state index >= 15 is 0 Å². The van der Waals surface area contributed by atoms with Crippen LogP contribution in [-0.4, -0.2) is 6.10 Å². The fourth-order valence-electron chi connectivity index (χ4n) is 0.805. The van der Waals surface area contributed by atoms with Crippen LogP contribution in [0.15, 0.2) is 24.3 Å². The molecule has 0 unspecified atom stereocenters. The van der Waals surface area contributed by atoms with E-state index in [2.05, 4.69) is 0 Å². The second-order valence-corrected chi connectivity index (χ2v) is 2.43. The number of ether oxygens (including phenoxy) is 1. The molecule has 2 N–H and O–H groups in total. The molecule has 0 saturated carbocycles. The van der Waals surface area contributed by atoms with Gasteiger partial charge in [-0.3, -0.25) is 0 Å². The molecule has 12 heavy (non-hydrogen) atoms. The number of benzene rings is 1. The fourth-order valence-corrected chi connectivity index (χ4v) is 0.805. The summed E-state index contributed by atoms with van der Waals surface area (Å²) in [5.74, 6) is 0.562. The average molecular weight is 162 g/mol. The number of para-hydroxylation sites is 2. The van der Waals surface area contributed by atoms with Crippen molar-refractivity contribution in [3.05, 3.63) is 24.3 Å². The van der Waals surface area contributed by atoms with Gasteiger partial charge in [0.2, 0.25) is 0 Å². The second-order valence-electron chi connectivity index (χ2n) is 2.43. The normalized spacial score (nSPS) is 11.7. The number of anilines is 1. The second kappa shape index (κ2) is 3.63. The Balaban J connectivity index is 2.77. The lowest BCUT2D eigenvalue weighted by atomic mass is 10.3. The zero-order chi connectivity index (χ0) is 8.97. The predicted molar refractivity (Wildman–Crippen MR) is 46.6 cm³/mol. The van der Waals surface area contributed by atoms with E-state index in [-0.39, 0.29) is 0 Å². The smallest absolute Gasteiger partial charge is 0.181 e. The van der Waals surface area contributed by atoms with Gasteiger partial charge in [-0.1, -0.05) is 12.1 Å². The van der Waals surface area contributed by atoms with Crippen molar-refractivity contribution in [3.63, 3.8) is 0 Å². The quantitative estimate of drug-likeness (QED) is 0.671. The third kappa shape index (κ3) is 1.89. The third-order valence-corrected chi connectivity index (χ3v) is 1.40. The molecule has 1 rings (SSSR count). The summed E-state index contributed by atoms with van der Waals surface area (Å²) >= 11 is 0. The van der Waals surface area contributed by atoms with Crippen LogP contribution in [0.2, 0.25) is 0 Å². The van der Waals surface area contributed by atoms with Gasteiger partial charge < -0.3 is 10.5 Å². The molecule has 0 heterocycles. The molecule has 0 aliphatic carbocycles. The van der Waals surface area contributed by atoms with Gasteiger partial charge in [0.15, 0.2) is 6.10 Å². The van der Waals surface area contributed by atoms with Gasteiger partial charge in [0.05, 0.1) is 5.69 Å². The van der Waals surface area contributed by atoms with Crippen LogP contribution in [0, 0.1) is 11.3 Å². The summed E-state index contributed by atoms with van der Waals surface area (Å²) in [6.07, 6.45) is -0.463. The molecular formula is C9H10N2O. The minimum atomic E-state index is -0.463.